The molecule has 212 valence electrons. The molecule has 1 fully saturated rings. The predicted octanol–water partition coefficient (Wildman–Crippen LogP) is 7.58. The zero-order chi connectivity index (χ0) is 29.0. The van der Waals surface area contributed by atoms with Crippen molar-refractivity contribution in [2.75, 3.05) is 14.2 Å². The fraction of sp³-hybridized carbons (Fsp3) is 0.412. The number of fused-ring (bicyclic) bond motifs is 2. The zero-order valence-electron chi connectivity index (χ0n) is 24.6. The Hall–Kier alpha value is -2.38. The second-order valence-electron chi connectivity index (χ2n) is 12.8. The van der Waals surface area contributed by atoms with E-state index in [1.54, 1.807) is 37.7 Å². The lowest BCUT2D eigenvalue weighted by atomic mass is 9.67. The summed E-state index contributed by atoms with van der Waals surface area (Å²) in [6.07, 6.45) is 6.64. The Morgan fingerprint density at radius 3 is 1.45 bits per heavy atom. The van der Waals surface area contributed by atoms with Crippen LogP contribution in [0.15, 0.2) is 80.3 Å². The molecule has 1 saturated carbocycles. The highest BCUT2D eigenvalue weighted by Crippen LogP contribution is 2.51. The standard InChI is InChI=1S/C34H39O4S2/c1-33(2,3)29-15-19(23-17-21(37-7)9-11-27(23)39-29)13-25-31(35)26(32(25)36)14-20-16-30(34(4,5)6)40-28-12-10-22(38-8)18-24(20)28/h9-18,25-26,31-32,35H,1-8H3/q-1/b19-13+,20-14+/t25-,26?,31?,32?/m1/s1. The van der Waals surface area contributed by atoms with E-state index < -0.39 is 24.0 Å². The van der Waals surface area contributed by atoms with Crippen LogP contribution in [0.2, 0.25) is 0 Å². The summed E-state index contributed by atoms with van der Waals surface area (Å²) >= 11 is 3.52. The van der Waals surface area contributed by atoms with Crippen molar-refractivity contribution in [3.63, 3.8) is 0 Å². The van der Waals surface area contributed by atoms with E-state index in [2.05, 4.69) is 65.8 Å². The van der Waals surface area contributed by atoms with Gasteiger partial charge in [0, 0.05) is 9.79 Å². The first-order chi connectivity index (χ1) is 18.8. The van der Waals surface area contributed by atoms with E-state index in [9.17, 15) is 10.2 Å². The van der Waals surface area contributed by atoms with Gasteiger partial charge in [-0.3, -0.25) is 0 Å². The molecule has 5 rings (SSSR count). The summed E-state index contributed by atoms with van der Waals surface area (Å²) in [7, 11) is 3.33. The van der Waals surface area contributed by atoms with Crippen molar-refractivity contribution in [2.45, 2.75) is 63.5 Å². The van der Waals surface area contributed by atoms with Crippen LogP contribution < -0.4 is 14.6 Å². The molecule has 2 aromatic carbocycles. The first-order valence-corrected chi connectivity index (χ1v) is 15.4. The molecule has 0 aromatic heterocycles. The third-order valence-corrected chi connectivity index (χ3v) is 10.8. The molecule has 1 N–H and O–H groups in total. The van der Waals surface area contributed by atoms with Crippen LogP contribution in [0.4, 0.5) is 0 Å². The van der Waals surface area contributed by atoms with Crippen molar-refractivity contribution < 1.29 is 19.7 Å². The normalized spacial score (nSPS) is 26.4. The molecule has 0 amide bonds. The lowest BCUT2D eigenvalue weighted by Gasteiger charge is -2.52. The maximum Gasteiger partial charge on any atom is 0.119 e. The molecule has 4 nitrogen and oxygen atoms in total. The van der Waals surface area contributed by atoms with Crippen molar-refractivity contribution in [1.29, 1.82) is 0 Å². The topological polar surface area (TPSA) is 61.8 Å². The van der Waals surface area contributed by atoms with Gasteiger partial charge in [0.25, 0.3) is 0 Å². The Bertz CT molecular complexity index is 1320. The summed E-state index contributed by atoms with van der Waals surface area (Å²) < 4.78 is 11.0. The van der Waals surface area contributed by atoms with Crippen LogP contribution in [-0.4, -0.2) is 31.5 Å². The highest BCUT2D eigenvalue weighted by Gasteiger charge is 2.41. The maximum atomic E-state index is 13.7. The summed E-state index contributed by atoms with van der Waals surface area (Å²) in [4.78, 5) is 4.74. The lowest BCUT2D eigenvalue weighted by molar-refractivity contribution is -0.473. The molecule has 0 bridgehead atoms. The van der Waals surface area contributed by atoms with Gasteiger partial charge in [-0.15, -0.1) is 6.10 Å². The zero-order valence-corrected chi connectivity index (χ0v) is 26.2. The molecule has 4 atom stereocenters. The molecule has 0 saturated heterocycles. The molecule has 3 unspecified atom stereocenters. The van der Waals surface area contributed by atoms with E-state index >= 15 is 0 Å². The Balaban J connectivity index is 1.51. The number of hydrogen-bond acceptors (Lipinski definition) is 6. The van der Waals surface area contributed by atoms with Gasteiger partial charge in [-0.1, -0.05) is 77.2 Å². The summed E-state index contributed by atoms with van der Waals surface area (Å²) in [6, 6.07) is 12.2. The third-order valence-electron chi connectivity index (χ3n) is 7.78. The van der Waals surface area contributed by atoms with E-state index in [4.69, 9.17) is 9.47 Å². The van der Waals surface area contributed by atoms with Crippen LogP contribution in [0.25, 0.3) is 11.1 Å². The van der Waals surface area contributed by atoms with E-state index in [-0.39, 0.29) is 10.8 Å². The molecular formula is C34H39O4S2-. The molecule has 1 aliphatic carbocycles. The maximum absolute atomic E-state index is 13.7. The van der Waals surface area contributed by atoms with Gasteiger partial charge in [-0.25, -0.2) is 0 Å². The summed E-state index contributed by atoms with van der Waals surface area (Å²) in [6.45, 7) is 13.2. The molecule has 2 aliphatic heterocycles. The number of aliphatic hydroxyl groups is 1. The van der Waals surface area contributed by atoms with Gasteiger partial charge < -0.3 is 19.7 Å². The molecule has 3 aliphatic rings. The van der Waals surface area contributed by atoms with Crippen LogP contribution in [0, 0.1) is 22.7 Å². The van der Waals surface area contributed by atoms with E-state index in [0.29, 0.717) is 0 Å². The largest absolute Gasteiger partial charge is 0.851 e. The van der Waals surface area contributed by atoms with Gasteiger partial charge >= 0.3 is 0 Å². The second kappa shape index (κ2) is 10.8. The molecule has 2 heterocycles. The second-order valence-corrected chi connectivity index (χ2v) is 15.0. The average molecular weight is 576 g/mol. The highest BCUT2D eigenvalue weighted by molar-refractivity contribution is 8.03. The van der Waals surface area contributed by atoms with E-state index in [1.807, 2.05) is 36.4 Å². The molecule has 2 aromatic rings. The van der Waals surface area contributed by atoms with Crippen molar-refractivity contribution in [2.24, 2.45) is 22.7 Å². The fourth-order valence-electron chi connectivity index (χ4n) is 5.21. The van der Waals surface area contributed by atoms with Crippen molar-refractivity contribution >= 4 is 34.7 Å². The first-order valence-electron chi connectivity index (χ1n) is 13.7. The summed E-state index contributed by atoms with van der Waals surface area (Å²) in [5, 5.41) is 25.0. The van der Waals surface area contributed by atoms with Crippen LogP contribution in [-0.2, 0) is 0 Å². The van der Waals surface area contributed by atoms with Crippen molar-refractivity contribution in [3.8, 4) is 11.5 Å². The molecule has 0 spiro atoms. The van der Waals surface area contributed by atoms with Crippen LogP contribution in [0.5, 0.6) is 11.5 Å². The van der Waals surface area contributed by atoms with Gasteiger partial charge in [0.1, 0.15) is 11.5 Å². The lowest BCUT2D eigenvalue weighted by Crippen LogP contribution is -2.60. The van der Waals surface area contributed by atoms with Crippen LogP contribution in [0.1, 0.15) is 52.7 Å². The third kappa shape index (κ3) is 5.56. The minimum Gasteiger partial charge on any atom is -0.851 e. The predicted molar refractivity (Wildman–Crippen MR) is 166 cm³/mol. The van der Waals surface area contributed by atoms with E-state index in [0.717, 1.165) is 43.6 Å². The minimum atomic E-state index is -0.944. The number of allylic oxidation sites excluding steroid dienone is 6. The van der Waals surface area contributed by atoms with Crippen LogP contribution >= 0.6 is 23.5 Å². The van der Waals surface area contributed by atoms with E-state index in [1.165, 1.54) is 9.81 Å². The molecule has 0 radical (unpaired) electrons. The Kier molecular flexibility index (Phi) is 7.86. The quantitative estimate of drug-likeness (QED) is 0.406. The smallest absolute Gasteiger partial charge is 0.119 e. The van der Waals surface area contributed by atoms with Crippen molar-refractivity contribution in [3.05, 3.63) is 81.6 Å². The first kappa shape index (κ1) is 29.1. The summed E-state index contributed by atoms with van der Waals surface area (Å²) in [5.41, 5.74) is 3.98. The number of benzene rings is 2. The van der Waals surface area contributed by atoms with Gasteiger partial charge in [-0.2, -0.15) is 0 Å². The molecule has 40 heavy (non-hydrogen) atoms. The number of ether oxygens (including phenoxy) is 2. The van der Waals surface area contributed by atoms with Crippen LogP contribution in [0.3, 0.4) is 0 Å². The van der Waals surface area contributed by atoms with Gasteiger partial charge in [0.05, 0.1) is 20.3 Å². The Morgan fingerprint density at radius 2 is 1.12 bits per heavy atom. The monoisotopic (exact) mass is 575 g/mol. The number of aliphatic hydroxyl groups excluding tert-OH is 1. The minimum absolute atomic E-state index is 0.0338. The van der Waals surface area contributed by atoms with Gasteiger partial charge in [0.2, 0.25) is 0 Å². The Labute approximate surface area is 247 Å². The highest BCUT2D eigenvalue weighted by atomic mass is 32.2. The number of thioether (sulfide) groups is 2. The fourth-order valence-corrected chi connectivity index (χ4v) is 7.51. The Morgan fingerprint density at radius 1 is 0.725 bits per heavy atom. The van der Waals surface area contributed by atoms with Crippen molar-refractivity contribution in [1.82, 2.24) is 0 Å². The molecule has 6 heteroatoms. The SMILES string of the molecule is COc1ccc2c(c1)/C(=C/C1C([O-])[C@H](/C=C3\C=C(C(C)(C)C)Sc4ccc(OC)cc43)C1O)C=C(C(C)(C)C)S2. The molecular weight excluding hydrogens is 537 g/mol. The van der Waals surface area contributed by atoms with Gasteiger partial charge in [0.15, 0.2) is 0 Å². The number of rotatable bonds is 4. The summed E-state index contributed by atoms with van der Waals surface area (Å²) in [5.74, 6) is 0.591. The van der Waals surface area contributed by atoms with Gasteiger partial charge in [-0.05, 0) is 103 Å². The number of hydrogen-bond donors (Lipinski definition) is 1. The average Bonchev–Trinajstić information content (AvgIpc) is 2.92. The number of methoxy groups -OCH3 is 2.